The van der Waals surface area contributed by atoms with Crippen LogP contribution in [-0.4, -0.2) is 19.7 Å². The van der Waals surface area contributed by atoms with Crippen LogP contribution in [0.4, 0.5) is 0 Å². The molecule has 148 valence electrons. The predicted octanol–water partition coefficient (Wildman–Crippen LogP) is 2.70. The van der Waals surface area contributed by atoms with E-state index < -0.39 is 29.6 Å². The van der Waals surface area contributed by atoms with Crippen molar-refractivity contribution in [2.45, 2.75) is 19.7 Å². The number of hydrogen-bond donors (Lipinski definition) is 2. The van der Waals surface area contributed by atoms with Gasteiger partial charge < -0.3 is 4.74 Å². The quantitative estimate of drug-likeness (QED) is 0.645. The summed E-state index contributed by atoms with van der Waals surface area (Å²) in [4.78, 5) is 37.7. The molecule has 3 rings (SSSR count). The van der Waals surface area contributed by atoms with Gasteiger partial charge in [-0.2, -0.15) is 5.26 Å². The first-order chi connectivity index (χ1) is 14.9. The lowest BCUT2D eigenvalue weighted by molar-refractivity contribution is 0.452. The molecule has 1 aromatic carbocycles. The SMILES string of the molecule is [2H]C([2H])([2H])C(C)c1cc(Oc2c(Cl)cc(-n3cc(C#N)c(=O)[nH]c3=O)cc2Cl)n[nH]c1=O. The molecular formula is C18H13Cl2N5O4. The number of aromatic amines is 2. The Balaban J connectivity index is 2.03. The number of aromatic nitrogens is 4. The molecule has 1 unspecified atom stereocenters. The van der Waals surface area contributed by atoms with Gasteiger partial charge in [0, 0.05) is 21.9 Å². The number of nitrogens with one attached hydrogen (secondary N) is 2. The van der Waals surface area contributed by atoms with Crippen molar-refractivity contribution in [2.24, 2.45) is 0 Å². The van der Waals surface area contributed by atoms with E-state index in [2.05, 4.69) is 10.2 Å². The number of rotatable bonds is 4. The Morgan fingerprint density at radius 2 is 1.93 bits per heavy atom. The molecule has 0 aliphatic rings. The van der Waals surface area contributed by atoms with E-state index in [4.69, 9.17) is 37.3 Å². The highest BCUT2D eigenvalue weighted by Gasteiger charge is 2.16. The molecule has 9 nitrogen and oxygen atoms in total. The van der Waals surface area contributed by atoms with E-state index >= 15 is 0 Å². The molecule has 3 aromatic rings. The first kappa shape index (κ1) is 16.6. The van der Waals surface area contributed by atoms with Gasteiger partial charge in [0.15, 0.2) is 5.75 Å². The van der Waals surface area contributed by atoms with Crippen LogP contribution in [0.2, 0.25) is 10.0 Å². The topological polar surface area (TPSA) is 134 Å². The fraction of sp³-hybridized carbons (Fsp3) is 0.167. The molecule has 0 saturated heterocycles. The van der Waals surface area contributed by atoms with Crippen LogP contribution in [0, 0.1) is 11.3 Å². The number of benzene rings is 1. The minimum absolute atomic E-state index is 0.0670. The predicted molar refractivity (Wildman–Crippen MR) is 106 cm³/mol. The van der Waals surface area contributed by atoms with Crippen molar-refractivity contribution in [3.05, 3.63) is 76.8 Å². The first-order valence-electron chi connectivity index (χ1n) is 9.45. The van der Waals surface area contributed by atoms with Gasteiger partial charge in [0.2, 0.25) is 5.88 Å². The lowest BCUT2D eigenvalue weighted by atomic mass is 10.1. The summed E-state index contributed by atoms with van der Waals surface area (Å²) in [6.45, 7) is -1.05. The molecule has 0 fully saturated rings. The standard InChI is InChI=1S/C18H13Cl2N5O4/c1-8(2)11-5-14(23-24-17(11)27)29-15-12(19)3-10(4-13(15)20)25-7-9(6-21)16(26)22-18(25)28/h3-5,7-8H,1-2H3,(H,24,27)(H,22,26,28)/i1D3. The van der Waals surface area contributed by atoms with Crippen molar-refractivity contribution in [1.29, 1.82) is 5.26 Å². The second-order valence-electron chi connectivity index (χ2n) is 5.84. The zero-order chi connectivity index (χ0) is 23.8. The second kappa shape index (κ2) is 7.95. The third-order valence-corrected chi connectivity index (χ3v) is 4.37. The minimum Gasteiger partial charge on any atom is -0.434 e. The van der Waals surface area contributed by atoms with Crippen LogP contribution in [0.15, 0.2) is 38.8 Å². The van der Waals surface area contributed by atoms with Crippen LogP contribution in [0.25, 0.3) is 5.69 Å². The van der Waals surface area contributed by atoms with E-state index in [1.807, 2.05) is 4.98 Å². The molecule has 0 aliphatic carbocycles. The van der Waals surface area contributed by atoms with E-state index in [0.29, 0.717) is 0 Å². The first-order valence-corrected chi connectivity index (χ1v) is 8.71. The summed E-state index contributed by atoms with van der Waals surface area (Å²) in [5, 5.41) is 14.8. The van der Waals surface area contributed by atoms with Crippen LogP contribution in [0.3, 0.4) is 0 Å². The van der Waals surface area contributed by atoms with Crippen molar-refractivity contribution >= 4 is 23.2 Å². The molecule has 0 amide bonds. The van der Waals surface area contributed by atoms with E-state index in [0.717, 1.165) is 10.8 Å². The zero-order valence-corrected chi connectivity index (χ0v) is 16.1. The van der Waals surface area contributed by atoms with Crippen molar-refractivity contribution in [3.63, 3.8) is 0 Å². The van der Waals surface area contributed by atoms with Crippen molar-refractivity contribution in [2.75, 3.05) is 0 Å². The van der Waals surface area contributed by atoms with Crippen LogP contribution in [0.5, 0.6) is 11.6 Å². The Labute approximate surface area is 177 Å². The van der Waals surface area contributed by atoms with Gasteiger partial charge in [-0.15, -0.1) is 5.10 Å². The summed E-state index contributed by atoms with van der Waals surface area (Å²) in [6, 6.07) is 5.42. The zero-order valence-electron chi connectivity index (χ0n) is 17.6. The van der Waals surface area contributed by atoms with E-state index in [1.165, 1.54) is 25.1 Å². The van der Waals surface area contributed by atoms with Crippen LogP contribution >= 0.6 is 23.2 Å². The lowest BCUT2D eigenvalue weighted by Gasteiger charge is -2.13. The van der Waals surface area contributed by atoms with Gasteiger partial charge in [-0.25, -0.2) is 9.89 Å². The largest absolute Gasteiger partial charge is 0.434 e. The molecule has 1 atom stereocenters. The molecule has 0 radical (unpaired) electrons. The van der Waals surface area contributed by atoms with Gasteiger partial charge in [0.25, 0.3) is 11.1 Å². The maximum atomic E-state index is 12.1. The molecule has 2 N–H and O–H groups in total. The van der Waals surface area contributed by atoms with Gasteiger partial charge in [-0.3, -0.25) is 19.1 Å². The molecule has 0 aliphatic heterocycles. The number of ether oxygens (including phenoxy) is 1. The van der Waals surface area contributed by atoms with Gasteiger partial charge in [0.1, 0.15) is 11.6 Å². The Hall–Kier alpha value is -3.35. The summed E-state index contributed by atoms with van der Waals surface area (Å²) in [5.74, 6) is -1.34. The number of nitrogens with zero attached hydrogens (tertiary/aromatic N) is 3. The highest BCUT2D eigenvalue weighted by Crippen LogP contribution is 2.37. The Kier molecular flexibility index (Phi) is 4.55. The summed E-state index contributed by atoms with van der Waals surface area (Å²) >= 11 is 12.5. The van der Waals surface area contributed by atoms with E-state index in [1.54, 1.807) is 6.07 Å². The third kappa shape index (κ3) is 4.08. The highest BCUT2D eigenvalue weighted by molar-refractivity contribution is 6.37. The van der Waals surface area contributed by atoms with Gasteiger partial charge in [-0.1, -0.05) is 37.0 Å². The van der Waals surface area contributed by atoms with Crippen LogP contribution in [-0.2, 0) is 0 Å². The van der Waals surface area contributed by atoms with Crippen LogP contribution < -0.4 is 21.5 Å². The van der Waals surface area contributed by atoms with Crippen molar-refractivity contribution in [3.8, 4) is 23.4 Å². The monoisotopic (exact) mass is 436 g/mol. The summed E-state index contributed by atoms with van der Waals surface area (Å²) in [5.41, 5.74) is -2.57. The third-order valence-electron chi connectivity index (χ3n) is 3.81. The fourth-order valence-corrected chi connectivity index (χ4v) is 2.96. The second-order valence-corrected chi connectivity index (χ2v) is 6.65. The normalized spacial score (nSPS) is 13.7. The smallest absolute Gasteiger partial charge is 0.332 e. The summed E-state index contributed by atoms with van der Waals surface area (Å²) < 4.78 is 29.0. The number of nitriles is 1. The Bertz CT molecular complexity index is 1400. The van der Waals surface area contributed by atoms with E-state index in [-0.39, 0.29) is 38.5 Å². The maximum Gasteiger partial charge on any atom is 0.332 e. The molecular weight excluding hydrogens is 421 g/mol. The average molecular weight is 437 g/mol. The lowest BCUT2D eigenvalue weighted by Crippen LogP contribution is -2.30. The molecule has 29 heavy (non-hydrogen) atoms. The molecule has 2 heterocycles. The highest BCUT2D eigenvalue weighted by atomic mass is 35.5. The Morgan fingerprint density at radius 3 is 2.55 bits per heavy atom. The van der Waals surface area contributed by atoms with Gasteiger partial charge in [-0.05, 0) is 18.1 Å². The molecule has 11 heteroatoms. The summed E-state index contributed by atoms with van der Waals surface area (Å²) in [6.07, 6.45) is 1.04. The van der Waals surface area contributed by atoms with Crippen LogP contribution in [0.1, 0.15) is 34.9 Å². The van der Waals surface area contributed by atoms with Gasteiger partial charge >= 0.3 is 5.69 Å². The maximum absolute atomic E-state index is 12.1. The van der Waals surface area contributed by atoms with Gasteiger partial charge in [0.05, 0.1) is 15.7 Å². The molecule has 2 aromatic heterocycles. The minimum atomic E-state index is -2.42. The molecule has 0 saturated carbocycles. The number of H-pyrrole nitrogens is 2. The summed E-state index contributed by atoms with van der Waals surface area (Å²) in [7, 11) is 0. The van der Waals surface area contributed by atoms with Crippen molar-refractivity contribution < 1.29 is 8.85 Å². The van der Waals surface area contributed by atoms with E-state index in [9.17, 15) is 14.4 Å². The van der Waals surface area contributed by atoms with Crippen molar-refractivity contribution in [1.82, 2.24) is 19.7 Å². The number of hydrogen-bond acceptors (Lipinski definition) is 6. The average Bonchev–Trinajstić information content (AvgIpc) is 2.70. The molecule has 0 spiro atoms. The molecule has 0 bridgehead atoms. The number of halogens is 2. The fourth-order valence-electron chi connectivity index (χ4n) is 2.41. The Morgan fingerprint density at radius 1 is 1.24 bits per heavy atom.